The van der Waals surface area contributed by atoms with E-state index >= 15 is 0 Å². The molecule has 1 rings (SSSR count). The fourth-order valence-corrected chi connectivity index (χ4v) is 1.04. The molecule has 1 aromatic heterocycles. The second kappa shape index (κ2) is 4.72. The van der Waals surface area contributed by atoms with Gasteiger partial charge in [0.15, 0.2) is 0 Å². The summed E-state index contributed by atoms with van der Waals surface area (Å²) in [6.45, 7) is 5.75. The number of hydrogen-bond acceptors (Lipinski definition) is 5. The van der Waals surface area contributed by atoms with E-state index in [4.69, 9.17) is 15.0 Å². The first kappa shape index (κ1) is 12.1. The molecule has 0 amide bonds. The molecule has 5 nitrogen and oxygen atoms in total. The third-order valence-electron chi connectivity index (χ3n) is 2.33. The number of ether oxygens (including phenoxy) is 1. The van der Waals surface area contributed by atoms with Crippen LogP contribution in [0.25, 0.3) is 0 Å². The Hall–Kier alpha value is -0.940. The Balaban J connectivity index is 2.64. The van der Waals surface area contributed by atoms with Gasteiger partial charge in [0.05, 0.1) is 0 Å². The molecule has 5 heteroatoms. The van der Waals surface area contributed by atoms with Crippen LogP contribution >= 0.6 is 0 Å². The zero-order valence-corrected chi connectivity index (χ0v) is 9.78. The van der Waals surface area contributed by atoms with Crippen LogP contribution in [-0.4, -0.2) is 23.3 Å². The van der Waals surface area contributed by atoms with Crippen LogP contribution in [0.15, 0.2) is 4.52 Å². The molecular weight excluding hydrogens is 194 g/mol. The first-order valence-electron chi connectivity index (χ1n) is 5.09. The minimum Gasteiger partial charge on any atom is -0.371 e. The topological polar surface area (TPSA) is 74.2 Å². The van der Waals surface area contributed by atoms with E-state index in [2.05, 4.69) is 10.1 Å². The van der Waals surface area contributed by atoms with Gasteiger partial charge in [-0.2, -0.15) is 4.98 Å². The number of aromatic nitrogens is 2. The van der Waals surface area contributed by atoms with Gasteiger partial charge in [-0.15, -0.1) is 0 Å². The number of aryl methyl sites for hydroxylation is 1. The molecule has 1 heterocycles. The van der Waals surface area contributed by atoms with E-state index in [9.17, 15) is 0 Å². The van der Waals surface area contributed by atoms with Crippen molar-refractivity contribution in [1.82, 2.24) is 10.1 Å². The molecule has 0 fully saturated rings. The van der Waals surface area contributed by atoms with Gasteiger partial charge in [0.25, 0.3) is 0 Å². The van der Waals surface area contributed by atoms with Crippen molar-refractivity contribution in [3.05, 3.63) is 11.7 Å². The van der Waals surface area contributed by atoms with Crippen molar-refractivity contribution in [3.63, 3.8) is 0 Å². The lowest BCUT2D eigenvalue weighted by Crippen LogP contribution is -2.21. The predicted molar refractivity (Wildman–Crippen MR) is 56.3 cm³/mol. The lowest BCUT2D eigenvalue weighted by atomic mass is 10.1. The molecule has 1 unspecified atom stereocenters. The fourth-order valence-electron chi connectivity index (χ4n) is 1.04. The number of nitrogens with zero attached hydrogens (tertiary/aromatic N) is 2. The number of nitrogens with two attached hydrogens (primary N) is 1. The third-order valence-corrected chi connectivity index (χ3v) is 2.33. The van der Waals surface area contributed by atoms with Gasteiger partial charge in [-0.3, -0.25) is 0 Å². The molecule has 0 aliphatic carbocycles. The van der Waals surface area contributed by atoms with Crippen molar-refractivity contribution in [1.29, 1.82) is 0 Å². The maximum Gasteiger partial charge on any atom is 0.226 e. The molecule has 1 atom stereocenters. The van der Waals surface area contributed by atoms with Gasteiger partial charge in [-0.1, -0.05) is 5.16 Å². The number of methoxy groups -OCH3 is 1. The molecule has 0 aromatic carbocycles. The van der Waals surface area contributed by atoms with Crippen molar-refractivity contribution in [3.8, 4) is 0 Å². The minimum atomic E-state index is -0.504. The molecular formula is C10H19N3O2. The SMILES string of the molecule is COC(C)(C)c1noc(CCC(C)N)n1. The summed E-state index contributed by atoms with van der Waals surface area (Å²) in [7, 11) is 1.62. The van der Waals surface area contributed by atoms with Gasteiger partial charge < -0.3 is 15.0 Å². The Morgan fingerprint density at radius 1 is 1.53 bits per heavy atom. The van der Waals surface area contributed by atoms with Gasteiger partial charge in [-0.05, 0) is 27.2 Å². The van der Waals surface area contributed by atoms with Crippen LogP contribution in [0.2, 0.25) is 0 Å². The molecule has 0 saturated carbocycles. The molecule has 0 spiro atoms. The zero-order chi connectivity index (χ0) is 11.5. The standard InChI is InChI=1S/C10H19N3O2/c1-7(11)5-6-8-12-9(13-15-8)10(2,3)14-4/h7H,5-6,11H2,1-4H3. The molecule has 15 heavy (non-hydrogen) atoms. The summed E-state index contributed by atoms with van der Waals surface area (Å²) in [4.78, 5) is 4.27. The van der Waals surface area contributed by atoms with Crippen LogP contribution in [-0.2, 0) is 16.8 Å². The smallest absolute Gasteiger partial charge is 0.226 e. The summed E-state index contributed by atoms with van der Waals surface area (Å²) >= 11 is 0. The third kappa shape index (κ3) is 3.28. The Morgan fingerprint density at radius 3 is 2.73 bits per heavy atom. The van der Waals surface area contributed by atoms with Crippen LogP contribution in [0.5, 0.6) is 0 Å². The lowest BCUT2D eigenvalue weighted by molar-refractivity contribution is 0.00973. The monoisotopic (exact) mass is 213 g/mol. The van der Waals surface area contributed by atoms with E-state index < -0.39 is 5.60 Å². The van der Waals surface area contributed by atoms with E-state index in [0.29, 0.717) is 18.1 Å². The van der Waals surface area contributed by atoms with Crippen molar-refractivity contribution >= 4 is 0 Å². The molecule has 0 radical (unpaired) electrons. The van der Waals surface area contributed by atoms with Gasteiger partial charge in [0, 0.05) is 19.6 Å². The molecule has 1 aromatic rings. The highest BCUT2D eigenvalue weighted by atomic mass is 16.5. The van der Waals surface area contributed by atoms with E-state index in [1.54, 1.807) is 7.11 Å². The normalized spacial score (nSPS) is 14.2. The Labute approximate surface area is 90.0 Å². The van der Waals surface area contributed by atoms with Crippen molar-refractivity contribution in [2.75, 3.05) is 7.11 Å². The first-order valence-corrected chi connectivity index (χ1v) is 5.09. The number of hydrogen-bond donors (Lipinski definition) is 1. The highest BCUT2D eigenvalue weighted by molar-refractivity contribution is 4.97. The average Bonchev–Trinajstić information content (AvgIpc) is 2.63. The minimum absolute atomic E-state index is 0.149. The highest BCUT2D eigenvalue weighted by Gasteiger charge is 2.25. The van der Waals surface area contributed by atoms with E-state index in [0.717, 1.165) is 6.42 Å². The van der Waals surface area contributed by atoms with E-state index in [1.165, 1.54) is 0 Å². The molecule has 0 saturated heterocycles. The zero-order valence-electron chi connectivity index (χ0n) is 9.78. The van der Waals surface area contributed by atoms with Crippen LogP contribution in [0.4, 0.5) is 0 Å². The Kier molecular flexibility index (Phi) is 3.82. The fraction of sp³-hybridized carbons (Fsp3) is 0.800. The van der Waals surface area contributed by atoms with Crippen molar-refractivity contribution in [2.24, 2.45) is 5.73 Å². The molecule has 86 valence electrons. The first-order chi connectivity index (χ1) is 6.95. The molecule has 0 aliphatic rings. The van der Waals surface area contributed by atoms with Gasteiger partial charge in [0.2, 0.25) is 11.7 Å². The van der Waals surface area contributed by atoms with E-state index in [1.807, 2.05) is 20.8 Å². The van der Waals surface area contributed by atoms with Gasteiger partial charge in [-0.25, -0.2) is 0 Å². The second-order valence-electron chi connectivity index (χ2n) is 4.24. The maximum atomic E-state index is 5.64. The summed E-state index contributed by atoms with van der Waals surface area (Å²) in [5, 5.41) is 3.88. The molecule has 0 aliphatic heterocycles. The maximum absolute atomic E-state index is 5.64. The Bertz CT molecular complexity index is 307. The van der Waals surface area contributed by atoms with Gasteiger partial charge in [0.1, 0.15) is 5.60 Å². The quantitative estimate of drug-likeness (QED) is 0.796. The molecule has 2 N–H and O–H groups in total. The largest absolute Gasteiger partial charge is 0.371 e. The van der Waals surface area contributed by atoms with Crippen LogP contribution in [0, 0.1) is 0 Å². The van der Waals surface area contributed by atoms with Gasteiger partial charge >= 0.3 is 0 Å². The summed E-state index contributed by atoms with van der Waals surface area (Å²) < 4.78 is 10.4. The van der Waals surface area contributed by atoms with E-state index in [-0.39, 0.29) is 6.04 Å². The summed E-state index contributed by atoms with van der Waals surface area (Å²) in [5.41, 5.74) is 5.14. The van der Waals surface area contributed by atoms with Crippen LogP contribution in [0.1, 0.15) is 38.9 Å². The predicted octanol–water partition coefficient (Wildman–Crippen LogP) is 1.23. The summed E-state index contributed by atoms with van der Waals surface area (Å²) in [6, 6.07) is 0.149. The lowest BCUT2D eigenvalue weighted by Gasteiger charge is -2.17. The highest BCUT2D eigenvalue weighted by Crippen LogP contribution is 2.20. The summed E-state index contributed by atoms with van der Waals surface area (Å²) in [6.07, 6.45) is 1.56. The molecule has 0 bridgehead atoms. The Morgan fingerprint density at radius 2 is 2.20 bits per heavy atom. The van der Waals surface area contributed by atoms with Crippen molar-refractivity contribution in [2.45, 2.75) is 45.3 Å². The number of rotatable bonds is 5. The van der Waals surface area contributed by atoms with Crippen LogP contribution in [0.3, 0.4) is 0 Å². The summed E-state index contributed by atoms with van der Waals surface area (Å²) in [5.74, 6) is 1.19. The van der Waals surface area contributed by atoms with Crippen molar-refractivity contribution < 1.29 is 9.26 Å². The average molecular weight is 213 g/mol. The second-order valence-corrected chi connectivity index (χ2v) is 4.24. The van der Waals surface area contributed by atoms with Crippen LogP contribution < -0.4 is 5.73 Å².